The normalized spacial score (nSPS) is 32.2. The molecular weight excluding hydrogens is 202 g/mol. The van der Waals surface area contributed by atoms with Gasteiger partial charge in [0, 0.05) is 19.6 Å². The Morgan fingerprint density at radius 2 is 2.21 bits per heavy atom. The Kier molecular flexibility index (Phi) is 3.27. The van der Waals surface area contributed by atoms with Gasteiger partial charge >= 0.3 is 6.03 Å². The van der Waals surface area contributed by atoms with E-state index >= 15 is 0 Å². The average Bonchev–Trinajstić information content (AvgIpc) is 2.86. The third-order valence-corrected chi connectivity index (χ3v) is 3.33. The highest BCUT2D eigenvalue weighted by Gasteiger charge is 2.48. The highest BCUT2D eigenvalue weighted by molar-refractivity contribution is 5.85. The van der Waals surface area contributed by atoms with Crippen LogP contribution in [0.2, 0.25) is 0 Å². The maximum absolute atomic E-state index is 11.2. The molecule has 2 rings (SSSR count). The summed E-state index contributed by atoms with van der Waals surface area (Å²) in [6, 6.07) is -0.268. The smallest absolute Gasteiger partial charge is 0.315 e. The van der Waals surface area contributed by atoms with E-state index in [1.54, 1.807) is 0 Å². The van der Waals surface area contributed by atoms with E-state index in [4.69, 9.17) is 5.73 Å². The van der Waals surface area contributed by atoms with Gasteiger partial charge in [0.25, 0.3) is 0 Å². The SMILES string of the molecule is CC1(C2CC2)CNCCN1C(N)=O.Cl. The van der Waals surface area contributed by atoms with E-state index in [1.807, 2.05) is 4.90 Å². The molecule has 1 atom stereocenters. The summed E-state index contributed by atoms with van der Waals surface area (Å²) in [7, 11) is 0. The van der Waals surface area contributed by atoms with Gasteiger partial charge in [-0.1, -0.05) is 0 Å². The fourth-order valence-corrected chi connectivity index (χ4v) is 2.32. The van der Waals surface area contributed by atoms with Crippen LogP contribution in [-0.2, 0) is 0 Å². The monoisotopic (exact) mass is 219 g/mol. The largest absolute Gasteiger partial charge is 0.351 e. The molecule has 14 heavy (non-hydrogen) atoms. The van der Waals surface area contributed by atoms with Crippen molar-refractivity contribution < 1.29 is 4.79 Å². The van der Waals surface area contributed by atoms with Gasteiger partial charge in [-0.2, -0.15) is 0 Å². The van der Waals surface area contributed by atoms with Crippen LogP contribution < -0.4 is 11.1 Å². The number of carbonyl (C=O) groups is 1. The summed E-state index contributed by atoms with van der Waals surface area (Å²) in [5.74, 6) is 0.660. The van der Waals surface area contributed by atoms with Gasteiger partial charge in [0.1, 0.15) is 0 Å². The molecule has 1 saturated carbocycles. The Bertz CT molecular complexity index is 232. The number of urea groups is 1. The van der Waals surface area contributed by atoms with Crippen molar-refractivity contribution in [3.8, 4) is 0 Å². The highest BCUT2D eigenvalue weighted by atomic mass is 35.5. The van der Waals surface area contributed by atoms with Crippen molar-refractivity contribution in [1.82, 2.24) is 10.2 Å². The lowest BCUT2D eigenvalue weighted by molar-refractivity contribution is 0.0895. The first kappa shape index (κ1) is 11.6. The fourth-order valence-electron chi connectivity index (χ4n) is 2.32. The second kappa shape index (κ2) is 3.95. The van der Waals surface area contributed by atoms with Gasteiger partial charge in [0.05, 0.1) is 5.54 Å². The summed E-state index contributed by atoms with van der Waals surface area (Å²) in [4.78, 5) is 13.1. The highest BCUT2D eigenvalue weighted by Crippen LogP contribution is 2.43. The van der Waals surface area contributed by atoms with Crippen molar-refractivity contribution in [2.24, 2.45) is 11.7 Å². The number of carbonyl (C=O) groups excluding carboxylic acids is 1. The molecule has 0 spiro atoms. The van der Waals surface area contributed by atoms with Crippen molar-refractivity contribution in [3.63, 3.8) is 0 Å². The van der Waals surface area contributed by atoms with Crippen molar-refractivity contribution in [2.75, 3.05) is 19.6 Å². The first-order chi connectivity index (χ1) is 6.14. The van der Waals surface area contributed by atoms with E-state index in [0.29, 0.717) is 5.92 Å². The minimum atomic E-state index is -0.268. The zero-order valence-electron chi connectivity index (χ0n) is 8.45. The average molecular weight is 220 g/mol. The molecule has 0 bridgehead atoms. The van der Waals surface area contributed by atoms with E-state index < -0.39 is 0 Å². The standard InChI is InChI=1S/C9H17N3O.ClH/c1-9(7-2-3-7)6-11-4-5-12(9)8(10)13;/h7,11H,2-6H2,1H3,(H2,10,13);1H. The number of piperazine rings is 1. The molecule has 0 radical (unpaired) electrons. The number of rotatable bonds is 1. The lowest BCUT2D eigenvalue weighted by Gasteiger charge is -2.44. The zero-order valence-corrected chi connectivity index (χ0v) is 9.27. The topological polar surface area (TPSA) is 58.4 Å². The molecule has 0 aromatic heterocycles. The van der Waals surface area contributed by atoms with Crippen LogP contribution in [0, 0.1) is 5.92 Å². The summed E-state index contributed by atoms with van der Waals surface area (Å²) < 4.78 is 0. The minimum absolute atomic E-state index is 0. The van der Waals surface area contributed by atoms with Crippen molar-refractivity contribution in [1.29, 1.82) is 0 Å². The van der Waals surface area contributed by atoms with Crippen LogP contribution in [0.15, 0.2) is 0 Å². The van der Waals surface area contributed by atoms with Gasteiger partial charge in [-0.3, -0.25) is 0 Å². The lowest BCUT2D eigenvalue weighted by Crippen LogP contribution is -2.63. The number of nitrogens with zero attached hydrogens (tertiary/aromatic N) is 1. The Morgan fingerprint density at radius 3 is 2.71 bits per heavy atom. The summed E-state index contributed by atoms with van der Waals surface area (Å²) in [6.45, 7) is 4.65. The number of hydrogen-bond acceptors (Lipinski definition) is 2. The van der Waals surface area contributed by atoms with Gasteiger partial charge < -0.3 is 16.0 Å². The van der Waals surface area contributed by atoms with E-state index in [2.05, 4.69) is 12.2 Å². The predicted molar refractivity (Wildman–Crippen MR) is 57.5 cm³/mol. The molecule has 0 aromatic rings. The first-order valence-corrected chi connectivity index (χ1v) is 4.92. The second-order valence-electron chi connectivity index (χ2n) is 4.30. The van der Waals surface area contributed by atoms with Crippen molar-refractivity contribution >= 4 is 18.4 Å². The van der Waals surface area contributed by atoms with Crippen molar-refractivity contribution in [3.05, 3.63) is 0 Å². The van der Waals surface area contributed by atoms with E-state index in [9.17, 15) is 4.79 Å². The Balaban J connectivity index is 0.000000980. The maximum Gasteiger partial charge on any atom is 0.315 e. The van der Waals surface area contributed by atoms with Gasteiger partial charge in [0.15, 0.2) is 0 Å². The quantitative estimate of drug-likeness (QED) is 0.677. The first-order valence-electron chi connectivity index (χ1n) is 4.92. The molecule has 0 aromatic carbocycles. The van der Waals surface area contributed by atoms with Crippen LogP contribution in [0.5, 0.6) is 0 Å². The summed E-state index contributed by atoms with van der Waals surface area (Å²) >= 11 is 0. The molecule has 1 saturated heterocycles. The van der Waals surface area contributed by atoms with Gasteiger partial charge in [-0.15, -0.1) is 12.4 Å². The van der Waals surface area contributed by atoms with Gasteiger partial charge in [-0.05, 0) is 25.7 Å². The summed E-state index contributed by atoms with van der Waals surface area (Å²) in [6.07, 6.45) is 2.48. The van der Waals surface area contributed by atoms with Crippen molar-refractivity contribution in [2.45, 2.75) is 25.3 Å². The molecule has 1 heterocycles. The van der Waals surface area contributed by atoms with Gasteiger partial charge in [0.2, 0.25) is 0 Å². The molecule has 4 nitrogen and oxygen atoms in total. The third kappa shape index (κ3) is 1.81. The Morgan fingerprint density at radius 1 is 1.57 bits per heavy atom. The third-order valence-electron chi connectivity index (χ3n) is 3.33. The van der Waals surface area contributed by atoms with Crippen LogP contribution in [-0.4, -0.2) is 36.1 Å². The van der Waals surface area contributed by atoms with Crippen LogP contribution in [0.3, 0.4) is 0 Å². The molecule has 1 aliphatic carbocycles. The van der Waals surface area contributed by atoms with E-state index in [-0.39, 0.29) is 24.0 Å². The molecule has 3 N–H and O–H groups in total. The number of primary amides is 1. The zero-order chi connectivity index (χ0) is 9.47. The maximum atomic E-state index is 11.2. The number of amides is 2. The second-order valence-corrected chi connectivity index (χ2v) is 4.30. The molecule has 1 unspecified atom stereocenters. The summed E-state index contributed by atoms with van der Waals surface area (Å²) in [5.41, 5.74) is 5.34. The van der Waals surface area contributed by atoms with E-state index in [1.165, 1.54) is 12.8 Å². The van der Waals surface area contributed by atoms with Crippen LogP contribution >= 0.6 is 12.4 Å². The number of nitrogens with one attached hydrogen (secondary N) is 1. The van der Waals surface area contributed by atoms with Crippen LogP contribution in [0.25, 0.3) is 0 Å². The van der Waals surface area contributed by atoms with Gasteiger partial charge in [-0.25, -0.2) is 4.79 Å². The fraction of sp³-hybridized carbons (Fsp3) is 0.889. The Labute approximate surface area is 90.6 Å². The molecule has 82 valence electrons. The van der Waals surface area contributed by atoms with Crippen LogP contribution in [0.1, 0.15) is 19.8 Å². The molecular formula is C9H18ClN3O. The predicted octanol–water partition coefficient (Wildman–Crippen LogP) is 0.561. The molecule has 1 aliphatic heterocycles. The number of halogens is 1. The van der Waals surface area contributed by atoms with E-state index in [0.717, 1.165) is 19.6 Å². The Hall–Kier alpha value is -0.480. The number of hydrogen-bond donors (Lipinski definition) is 2. The molecule has 2 fully saturated rings. The lowest BCUT2D eigenvalue weighted by atomic mass is 9.91. The number of nitrogens with two attached hydrogens (primary N) is 1. The molecule has 2 aliphatic rings. The van der Waals surface area contributed by atoms with Crippen LogP contribution in [0.4, 0.5) is 4.79 Å². The minimum Gasteiger partial charge on any atom is -0.351 e. The molecule has 2 amide bonds. The summed E-state index contributed by atoms with van der Waals surface area (Å²) in [5, 5.41) is 3.33. The molecule has 5 heteroatoms.